The lowest BCUT2D eigenvalue weighted by Gasteiger charge is -2.50. The summed E-state index contributed by atoms with van der Waals surface area (Å²) in [6.45, 7) is 5.15. The van der Waals surface area contributed by atoms with E-state index < -0.39 is 0 Å². The Balaban J connectivity index is 2.33. The van der Waals surface area contributed by atoms with Gasteiger partial charge in [-0.1, -0.05) is 0 Å². The van der Waals surface area contributed by atoms with Crippen LogP contribution in [0.4, 0.5) is 0 Å². The van der Waals surface area contributed by atoms with E-state index in [1.165, 1.54) is 0 Å². The van der Waals surface area contributed by atoms with Gasteiger partial charge in [0.25, 0.3) is 0 Å². The first-order valence-electron chi connectivity index (χ1n) is 4.73. The van der Waals surface area contributed by atoms with Gasteiger partial charge in [0.2, 0.25) is 0 Å². The maximum Gasteiger partial charge on any atom is 0.0848 e. The van der Waals surface area contributed by atoms with Crippen LogP contribution in [0.2, 0.25) is 0 Å². The second-order valence-corrected chi connectivity index (χ2v) is 3.70. The van der Waals surface area contributed by atoms with Crippen LogP contribution in [0.15, 0.2) is 11.4 Å². The predicted octanol–water partition coefficient (Wildman–Crippen LogP) is -0.798. The lowest BCUT2D eigenvalue weighted by molar-refractivity contribution is 0.0649. The molecule has 3 heterocycles. The van der Waals surface area contributed by atoms with Gasteiger partial charge in [0.1, 0.15) is 0 Å². The van der Waals surface area contributed by atoms with Gasteiger partial charge in [0.05, 0.1) is 24.6 Å². The Kier molecular flexibility index (Phi) is 2.17. The highest BCUT2D eigenvalue weighted by atomic mass is 16.3. The summed E-state index contributed by atoms with van der Waals surface area (Å²) in [6.07, 6.45) is 0. The zero-order valence-corrected chi connectivity index (χ0v) is 7.90. The lowest BCUT2D eigenvalue weighted by Crippen LogP contribution is -2.57. The minimum absolute atomic E-state index is 0.0384. The van der Waals surface area contributed by atoms with Crippen molar-refractivity contribution in [1.82, 2.24) is 9.80 Å². The first-order valence-corrected chi connectivity index (χ1v) is 4.73. The van der Waals surface area contributed by atoms with Crippen molar-refractivity contribution in [3.8, 4) is 0 Å². The highest BCUT2D eigenvalue weighted by Gasteiger charge is 2.34. The summed E-state index contributed by atoms with van der Waals surface area (Å²) in [5, 5.41) is 18.4. The standard InChI is InChI=1S/C9H16N2O2/c1-7-4-10-2-3-11(7)9(6-13)8(10)5-12/h7,12-13H,2-6H2,1H3. The fourth-order valence-electron chi connectivity index (χ4n) is 2.33. The van der Waals surface area contributed by atoms with E-state index in [-0.39, 0.29) is 13.2 Å². The average Bonchev–Trinajstić information content (AvgIpc) is 2.17. The Morgan fingerprint density at radius 3 is 2.46 bits per heavy atom. The molecule has 2 bridgehead atoms. The minimum Gasteiger partial charge on any atom is -0.390 e. The molecule has 4 heteroatoms. The lowest BCUT2D eigenvalue weighted by atomic mass is 10.1. The van der Waals surface area contributed by atoms with Crippen molar-refractivity contribution < 1.29 is 10.2 Å². The van der Waals surface area contributed by atoms with Crippen LogP contribution in [0.1, 0.15) is 6.92 Å². The van der Waals surface area contributed by atoms with Crippen LogP contribution < -0.4 is 0 Å². The molecule has 0 amide bonds. The SMILES string of the molecule is CC1CN2CCN1C(CO)=C2CO. The third-order valence-corrected chi connectivity index (χ3v) is 2.99. The molecular weight excluding hydrogens is 168 g/mol. The molecule has 74 valence electrons. The largest absolute Gasteiger partial charge is 0.390 e. The number of aliphatic hydroxyl groups is 2. The number of aliphatic hydroxyl groups excluding tert-OH is 2. The van der Waals surface area contributed by atoms with Crippen molar-refractivity contribution in [1.29, 1.82) is 0 Å². The molecular formula is C9H16N2O2. The number of hydrogen-bond donors (Lipinski definition) is 2. The molecule has 3 aliphatic heterocycles. The molecule has 0 aromatic rings. The van der Waals surface area contributed by atoms with Gasteiger partial charge in [0, 0.05) is 25.7 Å². The summed E-state index contributed by atoms with van der Waals surface area (Å²) in [5.74, 6) is 0. The van der Waals surface area contributed by atoms with Crippen LogP contribution in [0, 0.1) is 0 Å². The van der Waals surface area contributed by atoms with Gasteiger partial charge in [-0.3, -0.25) is 0 Å². The first-order chi connectivity index (χ1) is 6.27. The van der Waals surface area contributed by atoms with E-state index in [2.05, 4.69) is 16.7 Å². The molecule has 2 N–H and O–H groups in total. The van der Waals surface area contributed by atoms with E-state index in [0.29, 0.717) is 6.04 Å². The van der Waals surface area contributed by atoms with E-state index in [1.807, 2.05) is 0 Å². The highest BCUT2D eigenvalue weighted by Crippen LogP contribution is 2.27. The quantitative estimate of drug-likeness (QED) is 0.590. The van der Waals surface area contributed by atoms with Crippen molar-refractivity contribution in [2.75, 3.05) is 32.8 Å². The van der Waals surface area contributed by atoms with E-state index in [1.54, 1.807) is 0 Å². The summed E-state index contributed by atoms with van der Waals surface area (Å²) in [6, 6.07) is 0.464. The summed E-state index contributed by atoms with van der Waals surface area (Å²) < 4.78 is 0. The van der Waals surface area contributed by atoms with Crippen molar-refractivity contribution in [3.63, 3.8) is 0 Å². The molecule has 3 aliphatic rings. The summed E-state index contributed by atoms with van der Waals surface area (Å²) in [5.41, 5.74) is 1.82. The molecule has 0 radical (unpaired) electrons. The molecule has 1 fully saturated rings. The van der Waals surface area contributed by atoms with E-state index >= 15 is 0 Å². The second-order valence-electron chi connectivity index (χ2n) is 3.70. The molecule has 0 saturated carbocycles. The Hall–Kier alpha value is -0.740. The number of piperazine rings is 1. The molecule has 3 rings (SSSR count). The van der Waals surface area contributed by atoms with Crippen LogP contribution in [-0.4, -0.2) is 58.9 Å². The summed E-state index contributed by atoms with van der Waals surface area (Å²) in [4.78, 5) is 4.38. The Bertz CT molecular complexity index is 240. The summed E-state index contributed by atoms with van der Waals surface area (Å²) in [7, 11) is 0. The molecule has 1 unspecified atom stereocenters. The average molecular weight is 184 g/mol. The Morgan fingerprint density at radius 2 is 1.92 bits per heavy atom. The number of nitrogens with zero attached hydrogens (tertiary/aromatic N) is 2. The highest BCUT2D eigenvalue weighted by molar-refractivity contribution is 5.21. The zero-order chi connectivity index (χ0) is 9.42. The van der Waals surface area contributed by atoms with Crippen LogP contribution in [-0.2, 0) is 0 Å². The molecule has 0 aromatic heterocycles. The van der Waals surface area contributed by atoms with Crippen molar-refractivity contribution in [2.45, 2.75) is 13.0 Å². The Labute approximate surface area is 78.1 Å². The van der Waals surface area contributed by atoms with Gasteiger partial charge in [-0.2, -0.15) is 0 Å². The predicted molar refractivity (Wildman–Crippen MR) is 48.9 cm³/mol. The third-order valence-electron chi connectivity index (χ3n) is 2.99. The maximum atomic E-state index is 9.20. The van der Waals surface area contributed by atoms with Crippen LogP contribution >= 0.6 is 0 Å². The topological polar surface area (TPSA) is 46.9 Å². The van der Waals surface area contributed by atoms with Gasteiger partial charge in [-0.05, 0) is 6.92 Å². The fraction of sp³-hybridized carbons (Fsp3) is 0.778. The van der Waals surface area contributed by atoms with E-state index in [0.717, 1.165) is 31.0 Å². The second kappa shape index (κ2) is 3.20. The van der Waals surface area contributed by atoms with Gasteiger partial charge in [-0.25, -0.2) is 0 Å². The van der Waals surface area contributed by atoms with Crippen molar-refractivity contribution >= 4 is 0 Å². The smallest absolute Gasteiger partial charge is 0.0848 e. The van der Waals surface area contributed by atoms with Gasteiger partial charge >= 0.3 is 0 Å². The van der Waals surface area contributed by atoms with Gasteiger partial charge in [-0.15, -0.1) is 0 Å². The monoisotopic (exact) mass is 184 g/mol. The minimum atomic E-state index is 0.0384. The fourth-order valence-corrected chi connectivity index (χ4v) is 2.33. The number of rotatable bonds is 2. The van der Waals surface area contributed by atoms with Crippen LogP contribution in [0.3, 0.4) is 0 Å². The molecule has 0 aliphatic carbocycles. The third kappa shape index (κ3) is 1.21. The normalized spacial score (nSPS) is 27.5. The molecule has 0 aromatic carbocycles. The van der Waals surface area contributed by atoms with Crippen molar-refractivity contribution in [2.24, 2.45) is 0 Å². The van der Waals surface area contributed by atoms with Crippen LogP contribution in [0.25, 0.3) is 0 Å². The van der Waals surface area contributed by atoms with Crippen molar-refractivity contribution in [3.05, 3.63) is 11.4 Å². The number of hydrogen-bond acceptors (Lipinski definition) is 4. The van der Waals surface area contributed by atoms with Gasteiger partial charge in [0.15, 0.2) is 0 Å². The summed E-state index contributed by atoms with van der Waals surface area (Å²) >= 11 is 0. The zero-order valence-electron chi connectivity index (χ0n) is 7.90. The molecule has 0 spiro atoms. The van der Waals surface area contributed by atoms with Gasteiger partial charge < -0.3 is 20.0 Å². The number of fused-ring (bicyclic) bond motifs is 2. The molecule has 1 atom stereocenters. The van der Waals surface area contributed by atoms with Crippen LogP contribution in [0.5, 0.6) is 0 Å². The molecule has 1 saturated heterocycles. The maximum absolute atomic E-state index is 9.20. The van der Waals surface area contributed by atoms with E-state index in [9.17, 15) is 5.11 Å². The molecule has 4 nitrogen and oxygen atoms in total. The molecule has 13 heavy (non-hydrogen) atoms. The Morgan fingerprint density at radius 1 is 1.23 bits per heavy atom. The van der Waals surface area contributed by atoms with E-state index in [4.69, 9.17) is 5.11 Å². The first kappa shape index (κ1) is 8.84.